The highest BCUT2D eigenvalue weighted by Gasteiger charge is 2.10. The summed E-state index contributed by atoms with van der Waals surface area (Å²) < 4.78 is 6.75. The Balaban J connectivity index is 2.68. The molecule has 0 aliphatic carbocycles. The summed E-state index contributed by atoms with van der Waals surface area (Å²) in [6.45, 7) is 9.91. The smallest absolute Gasteiger partial charge is 0.120 e. The largest absolute Gasteiger partial charge is 0.490 e. The first-order chi connectivity index (χ1) is 8.42. The average molecular weight is 312 g/mol. The summed E-state index contributed by atoms with van der Waals surface area (Å²) >= 11 is 3.57. The molecule has 3 heteroatoms. The Bertz CT molecular complexity index is 407. The maximum Gasteiger partial charge on any atom is 0.120 e. The van der Waals surface area contributed by atoms with Crippen molar-refractivity contribution in [2.24, 2.45) is 0 Å². The molecule has 0 saturated carbocycles. The maximum absolute atomic E-state index is 5.64. The van der Waals surface area contributed by atoms with Gasteiger partial charge >= 0.3 is 0 Å². The Kier molecular flexibility index (Phi) is 5.89. The van der Waals surface area contributed by atoms with Gasteiger partial charge in [-0.25, -0.2) is 0 Å². The van der Waals surface area contributed by atoms with E-state index >= 15 is 0 Å². The van der Waals surface area contributed by atoms with Gasteiger partial charge in [0, 0.05) is 16.6 Å². The molecule has 0 aliphatic heterocycles. The third-order valence-corrected chi connectivity index (χ3v) is 3.18. The molecule has 0 heterocycles. The number of allylic oxidation sites excluding steroid dienone is 1. The van der Waals surface area contributed by atoms with Crippen LogP contribution < -0.4 is 10.1 Å². The van der Waals surface area contributed by atoms with Crippen molar-refractivity contribution >= 4 is 15.9 Å². The molecule has 1 N–H and O–H groups in total. The molecule has 0 unspecified atom stereocenters. The van der Waals surface area contributed by atoms with E-state index in [1.165, 1.54) is 5.56 Å². The fraction of sp³-hybridized carbons (Fsp3) is 0.467. The zero-order chi connectivity index (χ0) is 13.6. The van der Waals surface area contributed by atoms with Gasteiger partial charge in [-0.2, -0.15) is 0 Å². The predicted molar refractivity (Wildman–Crippen MR) is 81.0 cm³/mol. The van der Waals surface area contributed by atoms with Crippen molar-refractivity contribution in [3.05, 3.63) is 40.4 Å². The Morgan fingerprint density at radius 2 is 2.06 bits per heavy atom. The van der Waals surface area contributed by atoms with E-state index in [9.17, 15) is 0 Å². The second-order valence-corrected chi connectivity index (χ2v) is 6.09. The van der Waals surface area contributed by atoms with E-state index in [0.29, 0.717) is 6.61 Å². The van der Waals surface area contributed by atoms with Gasteiger partial charge in [0.05, 0.1) is 0 Å². The van der Waals surface area contributed by atoms with Crippen molar-refractivity contribution in [1.82, 2.24) is 5.32 Å². The summed E-state index contributed by atoms with van der Waals surface area (Å²) in [5.41, 5.74) is 1.32. The predicted octanol–water partition coefficient (Wildman–Crippen LogP) is 4.29. The Morgan fingerprint density at radius 1 is 1.33 bits per heavy atom. The standard InChI is InChI=1S/C15H22BrNO/c1-5-6-9-18-13-7-8-14(16)12(10-13)11-17-15(2,3)4/h5-8,10,17H,9,11H2,1-4H3/b6-5+. The van der Waals surface area contributed by atoms with Crippen LogP contribution in [0, 0.1) is 0 Å². The molecular weight excluding hydrogens is 290 g/mol. The van der Waals surface area contributed by atoms with Crippen LogP contribution in [-0.4, -0.2) is 12.1 Å². The first kappa shape index (κ1) is 15.3. The Labute approximate surface area is 119 Å². The monoisotopic (exact) mass is 311 g/mol. The van der Waals surface area contributed by atoms with E-state index < -0.39 is 0 Å². The highest BCUT2D eigenvalue weighted by atomic mass is 79.9. The van der Waals surface area contributed by atoms with Crippen LogP contribution in [0.1, 0.15) is 33.3 Å². The van der Waals surface area contributed by atoms with Crippen molar-refractivity contribution < 1.29 is 4.74 Å². The number of benzene rings is 1. The number of halogens is 1. The highest BCUT2D eigenvalue weighted by Crippen LogP contribution is 2.23. The molecule has 0 atom stereocenters. The van der Waals surface area contributed by atoms with Crippen LogP contribution in [0.3, 0.4) is 0 Å². The van der Waals surface area contributed by atoms with Crippen LogP contribution in [0.4, 0.5) is 0 Å². The molecule has 0 fully saturated rings. The number of rotatable bonds is 5. The van der Waals surface area contributed by atoms with Gasteiger partial charge in [0.1, 0.15) is 12.4 Å². The molecule has 0 aromatic heterocycles. The van der Waals surface area contributed by atoms with Gasteiger partial charge in [-0.1, -0.05) is 28.1 Å². The maximum atomic E-state index is 5.64. The minimum atomic E-state index is 0.112. The number of hydrogen-bond acceptors (Lipinski definition) is 2. The fourth-order valence-electron chi connectivity index (χ4n) is 1.38. The molecule has 2 nitrogen and oxygen atoms in total. The van der Waals surface area contributed by atoms with Crippen molar-refractivity contribution in [3.8, 4) is 5.75 Å². The molecule has 0 spiro atoms. The second kappa shape index (κ2) is 6.95. The van der Waals surface area contributed by atoms with Gasteiger partial charge in [0.25, 0.3) is 0 Å². The van der Waals surface area contributed by atoms with Gasteiger partial charge in [0.2, 0.25) is 0 Å². The average Bonchev–Trinajstić information content (AvgIpc) is 2.29. The molecule has 0 radical (unpaired) electrons. The highest BCUT2D eigenvalue weighted by molar-refractivity contribution is 9.10. The normalized spacial score (nSPS) is 12.1. The van der Waals surface area contributed by atoms with Gasteiger partial charge < -0.3 is 10.1 Å². The van der Waals surface area contributed by atoms with Gasteiger partial charge in [-0.3, -0.25) is 0 Å². The molecule has 1 aromatic rings. The molecular formula is C15H22BrNO. The summed E-state index contributed by atoms with van der Waals surface area (Å²) in [5.74, 6) is 0.905. The van der Waals surface area contributed by atoms with Gasteiger partial charge in [0.15, 0.2) is 0 Å². The molecule has 0 amide bonds. The zero-order valence-electron chi connectivity index (χ0n) is 11.6. The lowest BCUT2D eigenvalue weighted by Gasteiger charge is -2.21. The topological polar surface area (TPSA) is 21.3 Å². The van der Waals surface area contributed by atoms with E-state index in [-0.39, 0.29) is 5.54 Å². The summed E-state index contributed by atoms with van der Waals surface area (Å²) in [7, 11) is 0. The molecule has 0 saturated heterocycles. The van der Waals surface area contributed by atoms with Crippen LogP contribution in [0.15, 0.2) is 34.8 Å². The minimum Gasteiger partial charge on any atom is -0.490 e. The quantitative estimate of drug-likeness (QED) is 0.819. The lowest BCUT2D eigenvalue weighted by Crippen LogP contribution is -2.35. The lowest BCUT2D eigenvalue weighted by atomic mass is 10.1. The Morgan fingerprint density at radius 3 is 2.67 bits per heavy atom. The third-order valence-electron chi connectivity index (χ3n) is 2.41. The van der Waals surface area contributed by atoms with Gasteiger partial charge in [-0.05, 0) is 51.5 Å². The van der Waals surface area contributed by atoms with Crippen LogP contribution in [0.5, 0.6) is 5.75 Å². The first-order valence-electron chi connectivity index (χ1n) is 6.20. The molecule has 1 aromatic carbocycles. The lowest BCUT2D eigenvalue weighted by molar-refractivity contribution is 0.361. The number of hydrogen-bond donors (Lipinski definition) is 1. The van der Waals surface area contributed by atoms with Crippen molar-refractivity contribution in [1.29, 1.82) is 0 Å². The van der Waals surface area contributed by atoms with Crippen LogP contribution in [0.25, 0.3) is 0 Å². The van der Waals surface area contributed by atoms with E-state index in [4.69, 9.17) is 4.74 Å². The van der Waals surface area contributed by atoms with Crippen molar-refractivity contribution in [3.63, 3.8) is 0 Å². The summed E-state index contributed by atoms with van der Waals surface area (Å²) in [6, 6.07) is 6.09. The minimum absolute atomic E-state index is 0.112. The summed E-state index contributed by atoms with van der Waals surface area (Å²) in [5, 5.41) is 3.47. The van der Waals surface area contributed by atoms with Crippen molar-refractivity contribution in [2.75, 3.05) is 6.61 Å². The number of ether oxygens (including phenoxy) is 1. The van der Waals surface area contributed by atoms with Crippen LogP contribution >= 0.6 is 15.9 Å². The van der Waals surface area contributed by atoms with Gasteiger partial charge in [-0.15, -0.1) is 0 Å². The molecule has 1 rings (SSSR count). The molecule has 0 aliphatic rings. The van der Waals surface area contributed by atoms with Crippen LogP contribution in [0.2, 0.25) is 0 Å². The SMILES string of the molecule is C/C=C/COc1ccc(Br)c(CNC(C)(C)C)c1. The van der Waals surface area contributed by atoms with E-state index in [2.05, 4.69) is 48.1 Å². The third kappa shape index (κ3) is 5.69. The molecule has 100 valence electrons. The number of nitrogens with one attached hydrogen (secondary N) is 1. The molecule has 18 heavy (non-hydrogen) atoms. The fourth-order valence-corrected chi connectivity index (χ4v) is 1.76. The van der Waals surface area contributed by atoms with E-state index in [1.54, 1.807) is 0 Å². The van der Waals surface area contributed by atoms with E-state index in [0.717, 1.165) is 16.8 Å². The summed E-state index contributed by atoms with van der Waals surface area (Å²) in [6.07, 6.45) is 3.98. The van der Waals surface area contributed by atoms with Crippen molar-refractivity contribution in [2.45, 2.75) is 39.8 Å². The molecule has 0 bridgehead atoms. The van der Waals surface area contributed by atoms with Crippen LogP contribution in [-0.2, 0) is 6.54 Å². The Hall–Kier alpha value is -0.800. The van der Waals surface area contributed by atoms with E-state index in [1.807, 2.05) is 31.2 Å². The second-order valence-electron chi connectivity index (χ2n) is 5.24. The zero-order valence-corrected chi connectivity index (χ0v) is 13.2. The summed E-state index contributed by atoms with van der Waals surface area (Å²) in [4.78, 5) is 0. The first-order valence-corrected chi connectivity index (χ1v) is 6.99.